The Kier molecular flexibility index (Phi) is 7.02. The van der Waals surface area contributed by atoms with Gasteiger partial charge in [-0.3, -0.25) is 4.99 Å². The molecule has 1 aliphatic rings. The third kappa shape index (κ3) is 4.47. The van der Waals surface area contributed by atoms with Gasteiger partial charge < -0.3 is 14.8 Å². The van der Waals surface area contributed by atoms with E-state index >= 15 is 0 Å². The highest BCUT2D eigenvalue weighted by Gasteiger charge is 2.28. The quantitative estimate of drug-likeness (QED) is 0.435. The number of halogens is 1. The zero-order valence-corrected chi connectivity index (χ0v) is 17.5. The molecule has 0 spiro atoms. The zero-order chi connectivity index (χ0) is 16.2. The van der Waals surface area contributed by atoms with Crippen molar-refractivity contribution in [3.63, 3.8) is 0 Å². The van der Waals surface area contributed by atoms with Crippen LogP contribution in [0.25, 0.3) is 0 Å². The number of hydrogen-bond acceptors (Lipinski definition) is 4. The van der Waals surface area contributed by atoms with E-state index in [0.29, 0.717) is 12.0 Å². The SMILES string of the molecule is CN=C(NCc1cnc(C)s1)N1CCC(C)C(n2ccnc2)C1.I. The number of aromatic nitrogens is 3. The zero-order valence-electron chi connectivity index (χ0n) is 14.3. The van der Waals surface area contributed by atoms with Gasteiger partial charge in [0.2, 0.25) is 0 Å². The fraction of sp³-hybridized carbons (Fsp3) is 0.562. The lowest BCUT2D eigenvalue weighted by atomic mass is 9.93. The minimum atomic E-state index is 0. The van der Waals surface area contributed by atoms with Gasteiger partial charge in [0.15, 0.2) is 5.96 Å². The molecule has 1 N–H and O–H groups in total. The molecule has 8 heteroatoms. The number of aryl methyl sites for hydroxylation is 1. The number of nitrogens with zero attached hydrogens (tertiary/aromatic N) is 5. The molecule has 0 radical (unpaired) electrons. The first kappa shape index (κ1) is 19.2. The van der Waals surface area contributed by atoms with Gasteiger partial charge in [0.25, 0.3) is 0 Å². The third-order valence-electron chi connectivity index (χ3n) is 4.43. The number of imidazole rings is 1. The van der Waals surface area contributed by atoms with Crippen LogP contribution in [0.4, 0.5) is 0 Å². The molecule has 0 saturated carbocycles. The lowest BCUT2D eigenvalue weighted by Crippen LogP contribution is -2.48. The van der Waals surface area contributed by atoms with Crippen LogP contribution in [0.5, 0.6) is 0 Å². The molecule has 2 unspecified atom stereocenters. The van der Waals surface area contributed by atoms with Crippen molar-refractivity contribution in [1.82, 2.24) is 24.8 Å². The normalized spacial score (nSPS) is 21.5. The van der Waals surface area contributed by atoms with Crippen molar-refractivity contribution in [2.45, 2.75) is 32.9 Å². The van der Waals surface area contributed by atoms with Crippen LogP contribution < -0.4 is 5.32 Å². The molecule has 3 rings (SSSR count). The van der Waals surface area contributed by atoms with Crippen molar-refractivity contribution < 1.29 is 0 Å². The molecule has 132 valence electrons. The number of thiazole rings is 1. The number of aliphatic imine (C=N–C) groups is 1. The van der Waals surface area contributed by atoms with E-state index in [0.717, 1.165) is 37.0 Å². The van der Waals surface area contributed by atoms with Gasteiger partial charge in [-0.1, -0.05) is 6.92 Å². The molecule has 2 aromatic rings. The van der Waals surface area contributed by atoms with Crippen molar-refractivity contribution in [3.05, 3.63) is 34.8 Å². The minimum absolute atomic E-state index is 0. The number of hydrogen-bond donors (Lipinski definition) is 1. The van der Waals surface area contributed by atoms with Crippen molar-refractivity contribution >= 4 is 41.3 Å². The molecule has 1 fully saturated rings. The maximum Gasteiger partial charge on any atom is 0.194 e. The van der Waals surface area contributed by atoms with Gasteiger partial charge in [-0.15, -0.1) is 35.3 Å². The molecule has 0 amide bonds. The van der Waals surface area contributed by atoms with E-state index in [1.807, 2.05) is 32.7 Å². The maximum absolute atomic E-state index is 4.47. The summed E-state index contributed by atoms with van der Waals surface area (Å²) in [5.41, 5.74) is 0. The van der Waals surface area contributed by atoms with Gasteiger partial charge >= 0.3 is 0 Å². The van der Waals surface area contributed by atoms with Gasteiger partial charge in [-0.25, -0.2) is 9.97 Å². The largest absolute Gasteiger partial charge is 0.351 e. The monoisotopic (exact) mass is 460 g/mol. The Labute approximate surface area is 164 Å². The first-order chi connectivity index (χ1) is 11.2. The molecule has 24 heavy (non-hydrogen) atoms. The van der Waals surface area contributed by atoms with E-state index in [4.69, 9.17) is 0 Å². The molecule has 0 bridgehead atoms. The van der Waals surface area contributed by atoms with Gasteiger partial charge in [0.1, 0.15) is 0 Å². The topological polar surface area (TPSA) is 58.3 Å². The van der Waals surface area contributed by atoms with Crippen LogP contribution in [0.1, 0.15) is 29.3 Å². The maximum atomic E-state index is 4.47. The number of likely N-dealkylation sites (tertiary alicyclic amines) is 1. The summed E-state index contributed by atoms with van der Waals surface area (Å²) in [6, 6.07) is 0.440. The van der Waals surface area contributed by atoms with Crippen molar-refractivity contribution in [2.75, 3.05) is 20.1 Å². The molecule has 2 aromatic heterocycles. The smallest absolute Gasteiger partial charge is 0.194 e. The summed E-state index contributed by atoms with van der Waals surface area (Å²) in [6.45, 7) is 7.12. The van der Waals surface area contributed by atoms with E-state index in [1.54, 1.807) is 11.3 Å². The van der Waals surface area contributed by atoms with Gasteiger partial charge in [-0.2, -0.15) is 0 Å². The average Bonchev–Trinajstić information content (AvgIpc) is 3.21. The van der Waals surface area contributed by atoms with Gasteiger partial charge in [0, 0.05) is 43.6 Å². The van der Waals surface area contributed by atoms with Gasteiger partial charge in [0.05, 0.1) is 23.9 Å². The van der Waals surface area contributed by atoms with Crippen molar-refractivity contribution in [3.8, 4) is 0 Å². The van der Waals surface area contributed by atoms with E-state index < -0.39 is 0 Å². The van der Waals surface area contributed by atoms with E-state index in [-0.39, 0.29) is 24.0 Å². The number of piperidine rings is 1. The van der Waals surface area contributed by atoms with Crippen LogP contribution >= 0.6 is 35.3 Å². The summed E-state index contributed by atoms with van der Waals surface area (Å²) in [6.07, 6.45) is 8.92. The van der Waals surface area contributed by atoms with Crippen molar-refractivity contribution in [2.24, 2.45) is 10.9 Å². The van der Waals surface area contributed by atoms with Crippen LogP contribution in [0, 0.1) is 12.8 Å². The highest BCUT2D eigenvalue weighted by Crippen LogP contribution is 2.27. The molecular weight excluding hydrogens is 435 g/mol. The summed E-state index contributed by atoms with van der Waals surface area (Å²) < 4.78 is 2.22. The molecule has 0 aromatic carbocycles. The molecule has 6 nitrogen and oxygen atoms in total. The predicted molar refractivity (Wildman–Crippen MR) is 109 cm³/mol. The summed E-state index contributed by atoms with van der Waals surface area (Å²) in [5, 5.41) is 4.57. The predicted octanol–water partition coefficient (Wildman–Crippen LogP) is 2.92. The first-order valence-corrected chi connectivity index (χ1v) is 8.83. The summed E-state index contributed by atoms with van der Waals surface area (Å²) in [5.74, 6) is 1.61. The molecule has 0 aliphatic carbocycles. The lowest BCUT2D eigenvalue weighted by molar-refractivity contribution is 0.189. The molecule has 1 saturated heterocycles. The van der Waals surface area contributed by atoms with E-state index in [1.165, 1.54) is 4.88 Å². The van der Waals surface area contributed by atoms with Crippen LogP contribution in [0.2, 0.25) is 0 Å². The fourth-order valence-corrected chi connectivity index (χ4v) is 3.82. The van der Waals surface area contributed by atoms with Crippen LogP contribution in [-0.4, -0.2) is 45.5 Å². The fourth-order valence-electron chi connectivity index (χ4n) is 3.08. The second-order valence-electron chi connectivity index (χ2n) is 6.04. The van der Waals surface area contributed by atoms with Crippen LogP contribution in [0.3, 0.4) is 0 Å². The Bertz CT molecular complexity index is 653. The Balaban J connectivity index is 0.00000208. The molecule has 2 atom stereocenters. The Morgan fingerprint density at radius 2 is 2.33 bits per heavy atom. The van der Waals surface area contributed by atoms with Crippen LogP contribution in [-0.2, 0) is 6.54 Å². The minimum Gasteiger partial charge on any atom is -0.351 e. The molecular formula is C16H25IN6S. The van der Waals surface area contributed by atoms with Gasteiger partial charge in [-0.05, 0) is 19.3 Å². The summed E-state index contributed by atoms with van der Waals surface area (Å²) >= 11 is 1.73. The van der Waals surface area contributed by atoms with Crippen LogP contribution in [0.15, 0.2) is 29.9 Å². The van der Waals surface area contributed by atoms with E-state index in [9.17, 15) is 0 Å². The Morgan fingerprint density at radius 1 is 1.50 bits per heavy atom. The Morgan fingerprint density at radius 3 is 2.96 bits per heavy atom. The number of nitrogens with one attached hydrogen (secondary N) is 1. The van der Waals surface area contributed by atoms with E-state index in [2.05, 4.69) is 42.9 Å². The number of rotatable bonds is 3. The first-order valence-electron chi connectivity index (χ1n) is 8.01. The second-order valence-corrected chi connectivity index (χ2v) is 7.35. The molecule has 3 heterocycles. The second kappa shape index (κ2) is 8.80. The highest BCUT2D eigenvalue weighted by molar-refractivity contribution is 14.0. The third-order valence-corrected chi connectivity index (χ3v) is 5.34. The number of guanidine groups is 1. The average molecular weight is 460 g/mol. The highest BCUT2D eigenvalue weighted by atomic mass is 127. The standard InChI is InChI=1S/C16H24N6S.HI/c1-12-4-6-21(10-15(12)22-7-5-18-11-22)16(17-3)20-9-14-8-19-13(2)23-14;/h5,7-8,11-12,15H,4,6,9-10H2,1-3H3,(H,17,20);1H. The molecule has 1 aliphatic heterocycles. The summed E-state index contributed by atoms with van der Waals surface area (Å²) in [4.78, 5) is 16.5. The van der Waals surface area contributed by atoms with Crippen molar-refractivity contribution in [1.29, 1.82) is 0 Å². The Hall–Kier alpha value is -1.16. The summed E-state index contributed by atoms with van der Waals surface area (Å²) in [7, 11) is 1.85. The lowest BCUT2D eigenvalue weighted by Gasteiger charge is -2.39.